The van der Waals surface area contributed by atoms with Gasteiger partial charge in [-0.25, -0.2) is 0 Å². The largest absolute Gasteiger partial charge is 0.482 e. The van der Waals surface area contributed by atoms with Gasteiger partial charge in [-0.15, -0.1) is 0 Å². The number of nitrogens with one attached hydrogen (secondary N) is 1. The lowest BCUT2D eigenvalue weighted by Gasteiger charge is -2.32. The van der Waals surface area contributed by atoms with Gasteiger partial charge in [-0.3, -0.25) is 14.4 Å². The van der Waals surface area contributed by atoms with Crippen LogP contribution in [0.5, 0.6) is 5.75 Å². The number of carbonyl (C=O) groups excluding carboxylic acids is 2. The second-order valence-electron chi connectivity index (χ2n) is 5.51. The van der Waals surface area contributed by atoms with E-state index in [9.17, 15) is 14.4 Å². The number of rotatable bonds is 3. The van der Waals surface area contributed by atoms with E-state index in [4.69, 9.17) is 14.6 Å². The van der Waals surface area contributed by atoms with Gasteiger partial charge in [-0.1, -0.05) is 0 Å². The number of hydrogen-bond acceptors (Lipinski definition) is 5. The van der Waals surface area contributed by atoms with Crippen molar-refractivity contribution < 1.29 is 29.0 Å². The number of fused-ring (bicyclic) bond motifs is 1. The van der Waals surface area contributed by atoms with Crippen LogP contribution in [0.4, 0.5) is 5.69 Å². The first-order chi connectivity index (χ1) is 11.4. The number of amides is 2. The van der Waals surface area contributed by atoms with E-state index in [1.54, 1.807) is 17.0 Å². The molecule has 1 fully saturated rings. The molecule has 1 aromatic carbocycles. The summed E-state index contributed by atoms with van der Waals surface area (Å²) in [6.07, 6.45) is -0.670. The Labute approximate surface area is 145 Å². The van der Waals surface area contributed by atoms with Crippen LogP contribution in [-0.2, 0) is 14.3 Å². The van der Waals surface area contributed by atoms with Crippen molar-refractivity contribution in [2.75, 3.05) is 31.6 Å². The number of benzene rings is 1. The topological polar surface area (TPSA) is 105 Å². The highest BCUT2D eigenvalue weighted by molar-refractivity contribution is 9.10. The predicted octanol–water partition coefficient (Wildman–Crippen LogP) is 1.10. The smallest absolute Gasteiger partial charge is 0.306 e. The van der Waals surface area contributed by atoms with Crippen molar-refractivity contribution >= 4 is 39.4 Å². The van der Waals surface area contributed by atoms with Gasteiger partial charge < -0.3 is 24.8 Å². The van der Waals surface area contributed by atoms with Crippen LogP contribution in [0.15, 0.2) is 16.6 Å². The first-order valence-electron chi connectivity index (χ1n) is 7.33. The lowest BCUT2D eigenvalue weighted by molar-refractivity contribution is -0.141. The number of carboxylic acids is 1. The summed E-state index contributed by atoms with van der Waals surface area (Å²) < 4.78 is 11.2. The monoisotopic (exact) mass is 398 g/mol. The fourth-order valence-corrected chi connectivity index (χ4v) is 3.17. The quantitative estimate of drug-likeness (QED) is 0.789. The van der Waals surface area contributed by atoms with Gasteiger partial charge in [0.15, 0.2) is 6.61 Å². The Bertz CT molecular complexity index is 707. The Morgan fingerprint density at radius 3 is 2.96 bits per heavy atom. The minimum atomic E-state index is -0.964. The molecule has 0 bridgehead atoms. The molecule has 2 heterocycles. The summed E-state index contributed by atoms with van der Waals surface area (Å²) in [4.78, 5) is 36.5. The number of anilines is 1. The van der Waals surface area contributed by atoms with Crippen molar-refractivity contribution in [3.8, 4) is 5.75 Å². The van der Waals surface area contributed by atoms with Gasteiger partial charge >= 0.3 is 5.97 Å². The van der Waals surface area contributed by atoms with Crippen molar-refractivity contribution in [1.82, 2.24) is 4.90 Å². The Kier molecular flexibility index (Phi) is 4.72. The Morgan fingerprint density at radius 2 is 2.21 bits per heavy atom. The molecule has 1 aromatic rings. The summed E-state index contributed by atoms with van der Waals surface area (Å²) in [6.45, 7) is 0.793. The van der Waals surface area contributed by atoms with E-state index in [1.165, 1.54) is 0 Å². The van der Waals surface area contributed by atoms with Gasteiger partial charge in [-0.2, -0.15) is 0 Å². The van der Waals surface area contributed by atoms with E-state index in [1.807, 2.05) is 0 Å². The van der Waals surface area contributed by atoms with Crippen molar-refractivity contribution in [1.29, 1.82) is 0 Å². The maximum absolute atomic E-state index is 12.8. The normalized spacial score (nSPS) is 20.0. The molecule has 1 saturated heterocycles. The molecule has 0 aromatic heterocycles. The van der Waals surface area contributed by atoms with E-state index in [0.717, 1.165) is 0 Å². The zero-order valence-electron chi connectivity index (χ0n) is 12.6. The minimum Gasteiger partial charge on any atom is -0.482 e. The molecule has 2 N–H and O–H groups in total. The second kappa shape index (κ2) is 6.78. The standard InChI is InChI=1S/C15H15BrN2O6/c16-10-5-11-12(24-7-13(19)17-11)4-9(10)15(22)18-1-2-23-8(6-18)3-14(20)21/h4-5,8H,1-3,6-7H2,(H,17,19)(H,20,21). The molecule has 9 heteroatoms. The number of halogens is 1. The van der Waals surface area contributed by atoms with E-state index in [-0.39, 0.29) is 31.4 Å². The number of hydrogen-bond donors (Lipinski definition) is 2. The van der Waals surface area contributed by atoms with Gasteiger partial charge in [0.05, 0.1) is 30.4 Å². The fraction of sp³-hybridized carbons (Fsp3) is 0.400. The molecule has 2 aliphatic rings. The number of aliphatic carboxylic acids is 1. The maximum Gasteiger partial charge on any atom is 0.306 e. The zero-order valence-corrected chi connectivity index (χ0v) is 14.2. The second-order valence-corrected chi connectivity index (χ2v) is 6.36. The fourth-order valence-electron chi connectivity index (χ4n) is 2.66. The van der Waals surface area contributed by atoms with Crippen LogP contribution >= 0.6 is 15.9 Å². The van der Waals surface area contributed by atoms with E-state index in [2.05, 4.69) is 21.2 Å². The van der Waals surface area contributed by atoms with Gasteiger partial charge in [0.2, 0.25) is 0 Å². The number of carboxylic acid groups (broad SMARTS) is 1. The van der Waals surface area contributed by atoms with Crippen LogP contribution < -0.4 is 10.1 Å². The van der Waals surface area contributed by atoms with Crippen LogP contribution in [0.1, 0.15) is 16.8 Å². The van der Waals surface area contributed by atoms with Crippen molar-refractivity contribution in [3.63, 3.8) is 0 Å². The van der Waals surface area contributed by atoms with E-state index < -0.39 is 12.1 Å². The minimum absolute atomic E-state index is 0.0967. The van der Waals surface area contributed by atoms with Gasteiger partial charge in [0.1, 0.15) is 5.75 Å². The summed E-state index contributed by atoms with van der Waals surface area (Å²) in [5.41, 5.74) is 0.890. The lowest BCUT2D eigenvalue weighted by Crippen LogP contribution is -2.46. The van der Waals surface area contributed by atoms with Crippen molar-refractivity contribution in [2.24, 2.45) is 0 Å². The first kappa shape index (κ1) is 16.7. The van der Waals surface area contributed by atoms with Crippen LogP contribution in [0.3, 0.4) is 0 Å². The van der Waals surface area contributed by atoms with Crippen LogP contribution in [-0.4, -0.2) is 60.2 Å². The third-order valence-corrected chi connectivity index (χ3v) is 4.42. The van der Waals surface area contributed by atoms with E-state index in [0.29, 0.717) is 34.6 Å². The third kappa shape index (κ3) is 3.51. The number of ether oxygens (including phenoxy) is 2. The maximum atomic E-state index is 12.8. The molecule has 0 saturated carbocycles. The summed E-state index contributed by atoms with van der Waals surface area (Å²) >= 11 is 3.34. The molecule has 128 valence electrons. The molecule has 8 nitrogen and oxygen atoms in total. The van der Waals surface area contributed by atoms with E-state index >= 15 is 0 Å². The molecule has 2 amide bonds. The summed E-state index contributed by atoms with van der Waals surface area (Å²) in [5, 5.41) is 11.5. The van der Waals surface area contributed by atoms with Gasteiger partial charge in [0.25, 0.3) is 11.8 Å². The van der Waals surface area contributed by atoms with Crippen molar-refractivity contribution in [3.05, 3.63) is 22.2 Å². The number of morpholine rings is 1. The van der Waals surface area contributed by atoms with Gasteiger partial charge in [0, 0.05) is 17.6 Å². The molecule has 1 unspecified atom stereocenters. The number of carbonyl (C=O) groups is 3. The highest BCUT2D eigenvalue weighted by Gasteiger charge is 2.29. The molecule has 1 atom stereocenters. The average molecular weight is 399 g/mol. The molecular weight excluding hydrogens is 384 g/mol. The van der Waals surface area contributed by atoms with Crippen LogP contribution in [0.2, 0.25) is 0 Å². The summed E-state index contributed by atoms with van der Waals surface area (Å²) in [6, 6.07) is 3.19. The zero-order chi connectivity index (χ0) is 17.3. The Hall–Kier alpha value is -2.13. The van der Waals surface area contributed by atoms with Gasteiger partial charge in [-0.05, 0) is 28.1 Å². The first-order valence-corrected chi connectivity index (χ1v) is 8.12. The summed E-state index contributed by atoms with van der Waals surface area (Å²) in [7, 11) is 0. The SMILES string of the molecule is O=C(O)CC1CN(C(=O)c2cc3c(cc2Br)NC(=O)CO3)CCO1. The molecular formula is C15H15BrN2O6. The highest BCUT2D eigenvalue weighted by Crippen LogP contribution is 2.34. The third-order valence-electron chi connectivity index (χ3n) is 3.76. The molecule has 0 spiro atoms. The molecule has 2 aliphatic heterocycles. The predicted molar refractivity (Wildman–Crippen MR) is 86.2 cm³/mol. The van der Waals surface area contributed by atoms with Crippen molar-refractivity contribution in [2.45, 2.75) is 12.5 Å². The van der Waals surface area contributed by atoms with Crippen LogP contribution in [0, 0.1) is 0 Å². The average Bonchev–Trinajstić information content (AvgIpc) is 2.53. The van der Waals surface area contributed by atoms with Crippen LogP contribution in [0.25, 0.3) is 0 Å². The summed E-state index contributed by atoms with van der Waals surface area (Å²) in [5.74, 6) is -1.04. The highest BCUT2D eigenvalue weighted by atomic mass is 79.9. The molecule has 0 radical (unpaired) electrons. The Morgan fingerprint density at radius 1 is 1.42 bits per heavy atom. The number of nitrogens with zero attached hydrogens (tertiary/aromatic N) is 1. The molecule has 24 heavy (non-hydrogen) atoms. The molecule has 0 aliphatic carbocycles. The molecule has 3 rings (SSSR count). The Balaban J connectivity index is 1.79. The lowest BCUT2D eigenvalue weighted by atomic mass is 10.1.